The number of aliphatic carboxylic acids is 2. The van der Waals surface area contributed by atoms with Gasteiger partial charge in [0, 0.05) is 35.5 Å². The summed E-state index contributed by atoms with van der Waals surface area (Å²) in [5, 5.41) is 23.5. The monoisotopic (exact) mass is 449 g/mol. The summed E-state index contributed by atoms with van der Waals surface area (Å²) in [4.78, 5) is 47.3. The smallest absolute Gasteiger partial charge is 0.326 e. The summed E-state index contributed by atoms with van der Waals surface area (Å²) in [6, 6.07) is -1.28. The predicted molar refractivity (Wildman–Crippen MR) is 113 cm³/mol. The molecule has 1 unspecified atom stereocenters. The second kappa shape index (κ2) is 9.55. The molecule has 3 rings (SSSR count). The number of carbonyl (C=O) groups excluding carboxylic acids is 1. The Hall–Kier alpha value is -3.48. The standard InChI is InChI=1S/C18H23N7O5S/c19-13-12-8(6-21-14(12)25-18(20)24-13)2-1-3-9-7-22-16(31-9)15(28)23-10(17(29)30)4-5-11(26)27/h7-8,10H,1-6H2,(H,23,28)(H,26,27)(H,29,30)(H5,19,20,21,24,25)/t8?,10-/m0/s1. The van der Waals surface area contributed by atoms with Crippen molar-refractivity contribution in [3.05, 3.63) is 21.6 Å². The molecule has 2 aromatic heterocycles. The largest absolute Gasteiger partial charge is 0.481 e. The van der Waals surface area contributed by atoms with Crippen LogP contribution in [0.4, 0.5) is 17.6 Å². The number of aryl methyl sites for hydroxylation is 1. The van der Waals surface area contributed by atoms with Gasteiger partial charge in [-0.1, -0.05) is 0 Å². The summed E-state index contributed by atoms with van der Waals surface area (Å²) in [7, 11) is 0. The van der Waals surface area contributed by atoms with Gasteiger partial charge in [-0.05, 0) is 25.7 Å². The molecule has 166 valence electrons. The SMILES string of the molecule is Nc1nc(N)c2c(n1)NCC2CCCc1cnc(C(=O)N[C@@H](CCC(=O)O)C(=O)O)s1. The third-order valence-electron chi connectivity index (χ3n) is 4.89. The predicted octanol–water partition coefficient (Wildman–Crippen LogP) is 0.677. The van der Waals surface area contributed by atoms with E-state index in [2.05, 4.69) is 25.6 Å². The highest BCUT2D eigenvalue weighted by Gasteiger charge is 2.27. The first kappa shape index (κ1) is 22.2. The quantitative estimate of drug-likeness (QED) is 0.297. The zero-order chi connectivity index (χ0) is 22.5. The van der Waals surface area contributed by atoms with Gasteiger partial charge in [-0.15, -0.1) is 11.3 Å². The molecule has 0 spiro atoms. The van der Waals surface area contributed by atoms with E-state index in [1.807, 2.05) is 0 Å². The van der Waals surface area contributed by atoms with Crippen LogP contribution in [0, 0.1) is 0 Å². The third kappa shape index (κ3) is 5.57. The number of carboxylic acid groups (broad SMARTS) is 2. The minimum atomic E-state index is -1.29. The summed E-state index contributed by atoms with van der Waals surface area (Å²) in [5.74, 6) is -1.71. The molecule has 0 aliphatic carbocycles. The van der Waals surface area contributed by atoms with Gasteiger partial charge in [0.15, 0.2) is 5.01 Å². The van der Waals surface area contributed by atoms with Crippen molar-refractivity contribution >= 4 is 46.8 Å². The first-order valence-corrected chi connectivity index (χ1v) is 10.4. The molecular weight excluding hydrogens is 426 g/mol. The van der Waals surface area contributed by atoms with E-state index in [0.717, 1.165) is 23.3 Å². The van der Waals surface area contributed by atoms with Crippen molar-refractivity contribution in [1.29, 1.82) is 0 Å². The van der Waals surface area contributed by atoms with Gasteiger partial charge < -0.3 is 32.3 Å². The van der Waals surface area contributed by atoms with E-state index in [-0.39, 0.29) is 29.7 Å². The summed E-state index contributed by atoms with van der Waals surface area (Å²) >= 11 is 1.18. The van der Waals surface area contributed by atoms with Crippen LogP contribution in [-0.4, -0.2) is 55.6 Å². The number of thiazole rings is 1. The molecule has 0 saturated carbocycles. The molecule has 0 saturated heterocycles. The zero-order valence-corrected chi connectivity index (χ0v) is 17.3. The fraction of sp³-hybridized carbons (Fsp3) is 0.444. The van der Waals surface area contributed by atoms with Crippen LogP contribution >= 0.6 is 11.3 Å². The van der Waals surface area contributed by atoms with Gasteiger partial charge in [0.2, 0.25) is 5.95 Å². The second-order valence-corrected chi connectivity index (χ2v) is 8.24. The number of hydrogen-bond donors (Lipinski definition) is 6. The molecule has 0 radical (unpaired) electrons. The Balaban J connectivity index is 1.52. The Morgan fingerprint density at radius 3 is 2.77 bits per heavy atom. The maximum atomic E-state index is 12.3. The Bertz CT molecular complexity index is 996. The molecule has 0 aromatic carbocycles. The highest BCUT2D eigenvalue weighted by molar-refractivity contribution is 7.13. The molecule has 2 atom stereocenters. The summed E-state index contributed by atoms with van der Waals surface area (Å²) < 4.78 is 0. The van der Waals surface area contributed by atoms with Crippen LogP contribution in [0.15, 0.2) is 6.20 Å². The average Bonchev–Trinajstić information content (AvgIpc) is 3.32. The number of rotatable bonds is 10. The van der Waals surface area contributed by atoms with E-state index in [9.17, 15) is 14.4 Å². The third-order valence-corrected chi connectivity index (χ3v) is 5.95. The van der Waals surface area contributed by atoms with Crippen molar-refractivity contribution in [2.75, 3.05) is 23.3 Å². The number of hydrogen-bond acceptors (Lipinski definition) is 10. The summed E-state index contributed by atoms with van der Waals surface area (Å²) in [6.45, 7) is 0.695. The van der Waals surface area contributed by atoms with Gasteiger partial charge in [-0.2, -0.15) is 9.97 Å². The van der Waals surface area contributed by atoms with Crippen LogP contribution in [0.5, 0.6) is 0 Å². The van der Waals surface area contributed by atoms with Crippen LogP contribution in [0.25, 0.3) is 0 Å². The molecule has 0 bridgehead atoms. The van der Waals surface area contributed by atoms with Crippen molar-refractivity contribution in [1.82, 2.24) is 20.3 Å². The van der Waals surface area contributed by atoms with E-state index in [1.54, 1.807) is 6.20 Å². The van der Waals surface area contributed by atoms with E-state index >= 15 is 0 Å². The van der Waals surface area contributed by atoms with Crippen LogP contribution in [0.2, 0.25) is 0 Å². The molecule has 1 amide bonds. The molecule has 0 fully saturated rings. The first-order chi connectivity index (χ1) is 14.7. The minimum absolute atomic E-state index is 0.132. The molecule has 1 aliphatic heterocycles. The molecule has 1 aliphatic rings. The van der Waals surface area contributed by atoms with E-state index < -0.39 is 23.9 Å². The van der Waals surface area contributed by atoms with Gasteiger partial charge >= 0.3 is 11.9 Å². The van der Waals surface area contributed by atoms with Crippen molar-refractivity contribution in [3.8, 4) is 0 Å². The molecule has 3 heterocycles. The number of fused-ring (bicyclic) bond motifs is 1. The number of carbonyl (C=O) groups is 3. The lowest BCUT2D eigenvalue weighted by Crippen LogP contribution is -2.41. The Morgan fingerprint density at radius 2 is 2.06 bits per heavy atom. The molecule has 31 heavy (non-hydrogen) atoms. The number of aromatic nitrogens is 3. The number of anilines is 3. The van der Waals surface area contributed by atoms with Crippen LogP contribution in [0.1, 0.15) is 51.8 Å². The van der Waals surface area contributed by atoms with Crippen molar-refractivity contribution in [2.24, 2.45) is 0 Å². The minimum Gasteiger partial charge on any atom is -0.481 e. The Morgan fingerprint density at radius 1 is 1.29 bits per heavy atom. The molecule has 2 aromatic rings. The average molecular weight is 449 g/mol. The van der Waals surface area contributed by atoms with Gasteiger partial charge in [-0.25, -0.2) is 9.78 Å². The van der Waals surface area contributed by atoms with Crippen molar-refractivity contribution < 1.29 is 24.6 Å². The topological polar surface area (TPSA) is 206 Å². The lowest BCUT2D eigenvalue weighted by atomic mass is 9.96. The fourth-order valence-corrected chi connectivity index (χ4v) is 4.26. The first-order valence-electron chi connectivity index (χ1n) is 9.61. The second-order valence-electron chi connectivity index (χ2n) is 7.13. The van der Waals surface area contributed by atoms with Crippen LogP contribution < -0.4 is 22.1 Å². The van der Waals surface area contributed by atoms with E-state index in [4.69, 9.17) is 21.7 Å². The number of nitrogens with two attached hydrogens (primary N) is 2. The van der Waals surface area contributed by atoms with Crippen molar-refractivity contribution in [2.45, 2.75) is 44.1 Å². The molecule has 8 N–H and O–H groups in total. The lowest BCUT2D eigenvalue weighted by Gasteiger charge is -2.12. The number of nitrogens with zero attached hydrogens (tertiary/aromatic N) is 3. The Kier molecular flexibility index (Phi) is 6.84. The number of nitrogens with one attached hydrogen (secondary N) is 2. The number of amides is 1. The molecule has 13 heteroatoms. The molecular formula is C18H23N7O5S. The maximum Gasteiger partial charge on any atom is 0.326 e. The lowest BCUT2D eigenvalue weighted by molar-refractivity contribution is -0.140. The van der Waals surface area contributed by atoms with Crippen LogP contribution in [-0.2, 0) is 16.0 Å². The molecule has 12 nitrogen and oxygen atoms in total. The van der Waals surface area contributed by atoms with Gasteiger partial charge in [0.25, 0.3) is 5.91 Å². The highest BCUT2D eigenvalue weighted by Crippen LogP contribution is 2.37. The number of carboxylic acids is 2. The fourth-order valence-electron chi connectivity index (χ4n) is 3.41. The summed E-state index contributed by atoms with van der Waals surface area (Å²) in [6.07, 6.45) is 3.35. The van der Waals surface area contributed by atoms with Crippen molar-refractivity contribution in [3.63, 3.8) is 0 Å². The normalized spacial score (nSPS) is 15.7. The van der Waals surface area contributed by atoms with E-state index in [1.165, 1.54) is 11.3 Å². The van der Waals surface area contributed by atoms with Gasteiger partial charge in [-0.3, -0.25) is 9.59 Å². The maximum absolute atomic E-state index is 12.3. The van der Waals surface area contributed by atoms with E-state index in [0.29, 0.717) is 24.6 Å². The van der Waals surface area contributed by atoms with Gasteiger partial charge in [0.05, 0.1) is 0 Å². The zero-order valence-electron chi connectivity index (χ0n) is 16.5. The van der Waals surface area contributed by atoms with Gasteiger partial charge in [0.1, 0.15) is 17.7 Å². The highest BCUT2D eigenvalue weighted by atomic mass is 32.1. The Labute approximate surface area is 181 Å². The summed E-state index contributed by atoms with van der Waals surface area (Å²) in [5.41, 5.74) is 12.5. The number of nitrogen functional groups attached to an aromatic ring is 2. The van der Waals surface area contributed by atoms with Crippen LogP contribution in [0.3, 0.4) is 0 Å².